The van der Waals surface area contributed by atoms with Crippen LogP contribution in [0.15, 0.2) is 18.2 Å². The molecule has 0 aromatic heterocycles. The first kappa shape index (κ1) is 13.2. The number of aryl methyl sites for hydroxylation is 1. The van der Waals surface area contributed by atoms with Crippen molar-refractivity contribution in [3.8, 4) is 0 Å². The predicted molar refractivity (Wildman–Crippen MR) is 74.2 cm³/mol. The molecule has 0 spiro atoms. The van der Waals surface area contributed by atoms with Crippen LogP contribution in [-0.2, 0) is 16.0 Å². The molecule has 1 aromatic rings. The number of carboxylic acids is 1. The molecule has 3 rings (SSSR count). The molecule has 2 aliphatic carbocycles. The number of rotatable bonds is 3. The summed E-state index contributed by atoms with van der Waals surface area (Å²) in [5, 5.41) is 12.0. The first-order valence-electron chi connectivity index (χ1n) is 7.10. The molecule has 0 aliphatic heterocycles. The Bertz CT molecular complexity index is 581. The van der Waals surface area contributed by atoms with E-state index in [0.29, 0.717) is 12.3 Å². The van der Waals surface area contributed by atoms with Gasteiger partial charge in [0.1, 0.15) is 0 Å². The summed E-state index contributed by atoms with van der Waals surface area (Å²) in [6, 6.07) is 6.37. The Kier molecular flexibility index (Phi) is 3.04. The third-order valence-electron chi connectivity index (χ3n) is 4.49. The van der Waals surface area contributed by atoms with E-state index < -0.39 is 11.9 Å². The molecule has 1 aromatic carbocycles. The van der Waals surface area contributed by atoms with Crippen LogP contribution in [0.25, 0.3) is 0 Å². The van der Waals surface area contributed by atoms with Crippen LogP contribution in [0.4, 0.5) is 0 Å². The van der Waals surface area contributed by atoms with E-state index in [2.05, 4.69) is 30.4 Å². The summed E-state index contributed by atoms with van der Waals surface area (Å²) in [5.41, 5.74) is 3.67. The van der Waals surface area contributed by atoms with E-state index in [9.17, 15) is 9.59 Å². The lowest BCUT2D eigenvalue weighted by molar-refractivity contribution is -0.140. The van der Waals surface area contributed by atoms with E-state index in [1.165, 1.54) is 16.7 Å². The average Bonchev–Trinajstić information content (AvgIpc) is 3.13. The molecular formula is C16H19NO3. The van der Waals surface area contributed by atoms with E-state index in [4.69, 9.17) is 5.11 Å². The van der Waals surface area contributed by atoms with Crippen LogP contribution in [0, 0.1) is 24.7 Å². The van der Waals surface area contributed by atoms with Gasteiger partial charge in [-0.1, -0.05) is 30.7 Å². The maximum absolute atomic E-state index is 12.1. The highest BCUT2D eigenvalue weighted by atomic mass is 16.4. The van der Waals surface area contributed by atoms with Crippen molar-refractivity contribution in [3.63, 3.8) is 0 Å². The van der Waals surface area contributed by atoms with Crippen LogP contribution in [0.1, 0.15) is 36.1 Å². The zero-order chi connectivity index (χ0) is 14.4. The third kappa shape index (κ3) is 2.19. The molecule has 4 unspecified atom stereocenters. The monoisotopic (exact) mass is 273 g/mol. The first-order chi connectivity index (χ1) is 9.47. The normalized spacial score (nSPS) is 30.7. The van der Waals surface area contributed by atoms with Crippen LogP contribution in [0.5, 0.6) is 0 Å². The highest BCUT2D eigenvalue weighted by molar-refractivity contribution is 5.89. The number of hydrogen-bond donors (Lipinski definition) is 2. The lowest BCUT2D eigenvalue weighted by Gasteiger charge is -2.19. The minimum atomic E-state index is -0.860. The molecule has 2 aliphatic rings. The summed E-state index contributed by atoms with van der Waals surface area (Å²) in [6.45, 7) is 4.17. The highest BCUT2D eigenvalue weighted by Crippen LogP contribution is 2.41. The Hall–Kier alpha value is -1.84. The van der Waals surface area contributed by atoms with Gasteiger partial charge in [0.05, 0.1) is 17.9 Å². The average molecular weight is 273 g/mol. The number of benzene rings is 1. The van der Waals surface area contributed by atoms with Crippen molar-refractivity contribution < 1.29 is 14.7 Å². The molecule has 2 N–H and O–H groups in total. The van der Waals surface area contributed by atoms with Crippen molar-refractivity contribution in [2.75, 3.05) is 0 Å². The molecule has 106 valence electrons. The fourth-order valence-corrected chi connectivity index (χ4v) is 3.20. The van der Waals surface area contributed by atoms with Crippen LogP contribution in [-0.4, -0.2) is 17.0 Å². The number of carboxylic acid groups (broad SMARTS) is 1. The van der Waals surface area contributed by atoms with E-state index in [1.54, 1.807) is 0 Å². The maximum atomic E-state index is 12.1. The number of carbonyl (C=O) groups is 2. The third-order valence-corrected chi connectivity index (χ3v) is 4.49. The largest absolute Gasteiger partial charge is 0.481 e. The van der Waals surface area contributed by atoms with Crippen LogP contribution in [0.2, 0.25) is 0 Å². The van der Waals surface area contributed by atoms with Crippen molar-refractivity contribution >= 4 is 11.9 Å². The van der Waals surface area contributed by atoms with Gasteiger partial charge in [-0.3, -0.25) is 9.59 Å². The molecule has 4 nitrogen and oxygen atoms in total. The number of fused-ring (bicyclic) bond motifs is 1. The van der Waals surface area contributed by atoms with Crippen molar-refractivity contribution in [1.29, 1.82) is 0 Å². The summed E-state index contributed by atoms with van der Waals surface area (Å²) in [7, 11) is 0. The van der Waals surface area contributed by atoms with E-state index in [1.807, 2.05) is 6.92 Å². The Balaban J connectivity index is 1.74. The van der Waals surface area contributed by atoms with Gasteiger partial charge in [0.2, 0.25) is 5.91 Å². The van der Waals surface area contributed by atoms with E-state index in [-0.39, 0.29) is 17.9 Å². The van der Waals surface area contributed by atoms with E-state index >= 15 is 0 Å². The minimum Gasteiger partial charge on any atom is -0.481 e. The molecule has 1 fully saturated rings. The molecule has 0 heterocycles. The standard InChI is InChI=1S/C16H19NO3/c1-8-3-4-10-6-9(2)14(11(10)5-8)17-15(18)12-7-13(12)16(19)20/h3-5,9,12-14H,6-7H2,1-2H3,(H,17,18)(H,19,20). The number of amides is 1. The molecule has 1 amide bonds. The summed E-state index contributed by atoms with van der Waals surface area (Å²) in [4.78, 5) is 23.0. The summed E-state index contributed by atoms with van der Waals surface area (Å²) in [5.74, 6) is -1.43. The second-order valence-corrected chi connectivity index (χ2v) is 6.16. The van der Waals surface area contributed by atoms with Crippen molar-refractivity contribution in [1.82, 2.24) is 5.32 Å². The Morgan fingerprint density at radius 1 is 1.30 bits per heavy atom. The second kappa shape index (κ2) is 4.62. The molecule has 0 saturated heterocycles. The fourth-order valence-electron chi connectivity index (χ4n) is 3.20. The maximum Gasteiger partial charge on any atom is 0.307 e. The molecule has 1 saturated carbocycles. The molecule has 20 heavy (non-hydrogen) atoms. The van der Waals surface area contributed by atoms with Crippen molar-refractivity contribution in [3.05, 3.63) is 34.9 Å². The van der Waals surface area contributed by atoms with Crippen molar-refractivity contribution in [2.45, 2.75) is 32.7 Å². The molecule has 0 bridgehead atoms. The van der Waals surface area contributed by atoms with E-state index in [0.717, 1.165) is 6.42 Å². The topological polar surface area (TPSA) is 66.4 Å². The van der Waals surface area contributed by atoms with Crippen LogP contribution >= 0.6 is 0 Å². The molecule has 4 atom stereocenters. The Labute approximate surface area is 118 Å². The summed E-state index contributed by atoms with van der Waals surface area (Å²) >= 11 is 0. The lowest BCUT2D eigenvalue weighted by atomic mass is 10.0. The van der Waals surface area contributed by atoms with Crippen LogP contribution in [0.3, 0.4) is 0 Å². The highest BCUT2D eigenvalue weighted by Gasteiger charge is 2.49. The lowest BCUT2D eigenvalue weighted by Crippen LogP contribution is -2.32. The van der Waals surface area contributed by atoms with Crippen LogP contribution < -0.4 is 5.32 Å². The van der Waals surface area contributed by atoms with Gasteiger partial charge in [0, 0.05) is 0 Å². The van der Waals surface area contributed by atoms with Gasteiger partial charge in [-0.05, 0) is 36.8 Å². The quantitative estimate of drug-likeness (QED) is 0.886. The smallest absolute Gasteiger partial charge is 0.307 e. The Morgan fingerprint density at radius 3 is 2.70 bits per heavy atom. The molecule has 4 heteroatoms. The van der Waals surface area contributed by atoms with Gasteiger partial charge in [-0.2, -0.15) is 0 Å². The van der Waals surface area contributed by atoms with Gasteiger partial charge in [0.25, 0.3) is 0 Å². The number of carbonyl (C=O) groups excluding carboxylic acids is 1. The predicted octanol–water partition coefficient (Wildman–Crippen LogP) is 2.07. The van der Waals surface area contributed by atoms with Gasteiger partial charge in [0.15, 0.2) is 0 Å². The number of aliphatic carboxylic acids is 1. The SMILES string of the molecule is Cc1ccc2c(c1)C(NC(=O)C1CC1C(=O)O)C(C)C2. The number of hydrogen-bond acceptors (Lipinski definition) is 2. The minimum absolute atomic E-state index is 0.0208. The van der Waals surface area contributed by atoms with Gasteiger partial charge >= 0.3 is 5.97 Å². The fraction of sp³-hybridized carbons (Fsp3) is 0.500. The zero-order valence-electron chi connectivity index (χ0n) is 11.7. The second-order valence-electron chi connectivity index (χ2n) is 6.16. The molecule has 0 radical (unpaired) electrons. The van der Waals surface area contributed by atoms with Gasteiger partial charge in [-0.15, -0.1) is 0 Å². The van der Waals surface area contributed by atoms with Gasteiger partial charge < -0.3 is 10.4 Å². The Morgan fingerprint density at radius 2 is 2.05 bits per heavy atom. The zero-order valence-corrected chi connectivity index (χ0v) is 11.7. The first-order valence-corrected chi connectivity index (χ1v) is 7.10. The van der Waals surface area contributed by atoms with Crippen molar-refractivity contribution in [2.24, 2.45) is 17.8 Å². The molecular weight excluding hydrogens is 254 g/mol. The summed E-state index contributed by atoms with van der Waals surface area (Å²) < 4.78 is 0. The number of nitrogens with one attached hydrogen (secondary N) is 1. The summed E-state index contributed by atoms with van der Waals surface area (Å²) in [6.07, 6.45) is 1.44. The van der Waals surface area contributed by atoms with Gasteiger partial charge in [-0.25, -0.2) is 0 Å².